The van der Waals surface area contributed by atoms with E-state index in [1.54, 1.807) is 0 Å². The van der Waals surface area contributed by atoms with Crippen molar-refractivity contribution in [2.45, 2.75) is 52.7 Å². The van der Waals surface area contributed by atoms with Crippen molar-refractivity contribution in [2.75, 3.05) is 19.6 Å². The maximum Gasteiger partial charge on any atom is 0.318 e. The highest BCUT2D eigenvalue weighted by molar-refractivity contribution is 5.75. The molecule has 0 saturated carbocycles. The highest BCUT2D eigenvalue weighted by Crippen LogP contribution is 2.33. The summed E-state index contributed by atoms with van der Waals surface area (Å²) in [5.74, 6) is 0. The van der Waals surface area contributed by atoms with Gasteiger partial charge in [0.25, 0.3) is 0 Å². The first-order valence-electron chi connectivity index (χ1n) is 10.5. The molecule has 2 amide bonds. The second-order valence-corrected chi connectivity index (χ2v) is 7.60. The summed E-state index contributed by atoms with van der Waals surface area (Å²) in [5.41, 5.74) is 5.03. The zero-order valence-electron chi connectivity index (χ0n) is 17.4. The van der Waals surface area contributed by atoms with E-state index in [0.29, 0.717) is 6.54 Å². The number of carbonyl (C=O) groups is 1. The van der Waals surface area contributed by atoms with E-state index in [4.69, 9.17) is 0 Å². The Kier molecular flexibility index (Phi) is 7.10. The van der Waals surface area contributed by atoms with Gasteiger partial charge in [0.05, 0.1) is 6.04 Å². The molecule has 1 atom stereocenters. The van der Waals surface area contributed by atoms with Crippen molar-refractivity contribution in [2.24, 2.45) is 0 Å². The molecule has 0 radical (unpaired) electrons. The van der Waals surface area contributed by atoms with Crippen LogP contribution in [0.2, 0.25) is 0 Å². The van der Waals surface area contributed by atoms with Gasteiger partial charge in [-0.3, -0.25) is 4.90 Å². The van der Waals surface area contributed by atoms with Crippen LogP contribution in [0.5, 0.6) is 0 Å². The van der Waals surface area contributed by atoms with Gasteiger partial charge in [0.15, 0.2) is 0 Å². The molecule has 3 rings (SSSR count). The van der Waals surface area contributed by atoms with Gasteiger partial charge in [-0.1, -0.05) is 62.4 Å². The van der Waals surface area contributed by atoms with E-state index in [1.807, 2.05) is 4.90 Å². The second-order valence-electron chi connectivity index (χ2n) is 7.60. The molecule has 1 fully saturated rings. The van der Waals surface area contributed by atoms with E-state index < -0.39 is 0 Å². The van der Waals surface area contributed by atoms with Crippen molar-refractivity contribution >= 4 is 6.03 Å². The third-order valence-corrected chi connectivity index (χ3v) is 5.90. The quantitative estimate of drug-likeness (QED) is 0.744. The first kappa shape index (κ1) is 20.4. The highest BCUT2D eigenvalue weighted by Gasteiger charge is 2.30. The summed E-state index contributed by atoms with van der Waals surface area (Å²) in [6, 6.07) is 17.1. The van der Waals surface area contributed by atoms with Crippen LogP contribution in [-0.2, 0) is 13.1 Å². The summed E-state index contributed by atoms with van der Waals surface area (Å²) in [4.78, 5) is 17.4. The monoisotopic (exact) mass is 379 g/mol. The lowest BCUT2D eigenvalue weighted by atomic mass is 9.99. The zero-order valence-corrected chi connectivity index (χ0v) is 17.4. The normalized spacial score (nSPS) is 16.6. The van der Waals surface area contributed by atoms with Gasteiger partial charge in [0, 0.05) is 19.6 Å². The molecule has 0 aromatic heterocycles. The molecular weight excluding hydrogens is 346 g/mol. The number of hydrogen-bond donors (Lipinski definition) is 1. The molecule has 2 aromatic rings. The van der Waals surface area contributed by atoms with Crippen LogP contribution in [0.15, 0.2) is 48.5 Å². The Balaban J connectivity index is 1.66. The van der Waals surface area contributed by atoms with Gasteiger partial charge in [-0.15, -0.1) is 0 Å². The number of aryl methyl sites for hydroxylation is 1. The number of likely N-dealkylation sites (tertiary alicyclic amines) is 1. The average molecular weight is 380 g/mol. The molecule has 1 saturated heterocycles. The maximum atomic E-state index is 13.0. The van der Waals surface area contributed by atoms with Crippen molar-refractivity contribution in [1.82, 2.24) is 15.1 Å². The minimum atomic E-state index is 0.0448. The fourth-order valence-corrected chi connectivity index (χ4v) is 4.14. The van der Waals surface area contributed by atoms with Gasteiger partial charge in [-0.25, -0.2) is 4.79 Å². The number of rotatable bonds is 7. The largest absolute Gasteiger partial charge is 0.334 e. The predicted octanol–water partition coefficient (Wildman–Crippen LogP) is 4.88. The second kappa shape index (κ2) is 9.74. The molecule has 4 nitrogen and oxygen atoms in total. The number of amides is 2. The van der Waals surface area contributed by atoms with E-state index in [-0.39, 0.29) is 12.1 Å². The number of benzene rings is 2. The van der Waals surface area contributed by atoms with Crippen molar-refractivity contribution in [3.63, 3.8) is 0 Å². The molecule has 4 heteroatoms. The third-order valence-electron chi connectivity index (χ3n) is 5.90. The van der Waals surface area contributed by atoms with Gasteiger partial charge in [-0.05, 0) is 55.1 Å². The maximum absolute atomic E-state index is 13.0. The summed E-state index contributed by atoms with van der Waals surface area (Å²) in [6.07, 6.45) is 2.10. The van der Waals surface area contributed by atoms with Crippen LogP contribution >= 0.6 is 0 Å². The molecule has 0 aliphatic carbocycles. The molecule has 1 aliphatic rings. The summed E-state index contributed by atoms with van der Waals surface area (Å²) in [6.45, 7) is 10.9. The fourth-order valence-electron chi connectivity index (χ4n) is 4.14. The zero-order chi connectivity index (χ0) is 19.9. The van der Waals surface area contributed by atoms with Crippen molar-refractivity contribution in [3.8, 4) is 0 Å². The van der Waals surface area contributed by atoms with Crippen LogP contribution in [0.25, 0.3) is 0 Å². The Morgan fingerprint density at radius 1 is 1.07 bits per heavy atom. The SMILES string of the molecule is CCN(CC)Cc1ccccc1CNC(=O)N1CCCC1c1ccccc1C. The Bertz CT molecular complexity index is 785. The van der Waals surface area contributed by atoms with Crippen LogP contribution in [-0.4, -0.2) is 35.5 Å². The molecule has 150 valence electrons. The van der Waals surface area contributed by atoms with E-state index in [0.717, 1.165) is 39.0 Å². The third kappa shape index (κ3) is 4.74. The average Bonchev–Trinajstić information content (AvgIpc) is 3.21. The number of hydrogen-bond acceptors (Lipinski definition) is 2. The van der Waals surface area contributed by atoms with Crippen molar-refractivity contribution in [1.29, 1.82) is 0 Å². The van der Waals surface area contributed by atoms with Crippen LogP contribution in [0, 0.1) is 6.92 Å². The van der Waals surface area contributed by atoms with Crippen LogP contribution in [0.4, 0.5) is 4.79 Å². The smallest absolute Gasteiger partial charge is 0.318 e. The van der Waals surface area contributed by atoms with E-state index >= 15 is 0 Å². The van der Waals surface area contributed by atoms with Gasteiger partial charge < -0.3 is 10.2 Å². The number of carbonyl (C=O) groups excluding carboxylic acids is 1. The Morgan fingerprint density at radius 3 is 2.46 bits per heavy atom. The summed E-state index contributed by atoms with van der Waals surface area (Å²) in [5, 5.41) is 3.18. The lowest BCUT2D eigenvalue weighted by Crippen LogP contribution is -2.39. The van der Waals surface area contributed by atoms with Gasteiger partial charge in [0.2, 0.25) is 0 Å². The first-order valence-corrected chi connectivity index (χ1v) is 10.5. The Labute approximate surface area is 169 Å². The molecular formula is C24H33N3O. The molecule has 1 N–H and O–H groups in total. The van der Waals surface area contributed by atoms with Gasteiger partial charge >= 0.3 is 6.03 Å². The minimum Gasteiger partial charge on any atom is -0.334 e. The number of urea groups is 1. The number of nitrogens with zero attached hydrogens (tertiary/aromatic N) is 2. The Morgan fingerprint density at radius 2 is 1.75 bits per heavy atom. The van der Waals surface area contributed by atoms with Crippen LogP contribution < -0.4 is 5.32 Å². The van der Waals surface area contributed by atoms with Crippen LogP contribution in [0.1, 0.15) is 55.0 Å². The van der Waals surface area contributed by atoms with E-state index in [2.05, 4.69) is 79.5 Å². The molecule has 0 bridgehead atoms. The van der Waals surface area contributed by atoms with Gasteiger partial charge in [-0.2, -0.15) is 0 Å². The lowest BCUT2D eigenvalue weighted by Gasteiger charge is -2.27. The first-order chi connectivity index (χ1) is 13.6. The van der Waals surface area contributed by atoms with Crippen molar-refractivity contribution < 1.29 is 4.79 Å². The highest BCUT2D eigenvalue weighted by atomic mass is 16.2. The topological polar surface area (TPSA) is 35.6 Å². The van der Waals surface area contributed by atoms with E-state index in [9.17, 15) is 4.79 Å². The molecule has 1 aliphatic heterocycles. The Hall–Kier alpha value is -2.33. The predicted molar refractivity (Wildman–Crippen MR) is 115 cm³/mol. The van der Waals surface area contributed by atoms with Gasteiger partial charge in [0.1, 0.15) is 0 Å². The summed E-state index contributed by atoms with van der Waals surface area (Å²) < 4.78 is 0. The van der Waals surface area contributed by atoms with Crippen LogP contribution in [0.3, 0.4) is 0 Å². The summed E-state index contributed by atoms with van der Waals surface area (Å²) >= 11 is 0. The molecule has 28 heavy (non-hydrogen) atoms. The summed E-state index contributed by atoms with van der Waals surface area (Å²) in [7, 11) is 0. The standard InChI is InChI=1S/C24H33N3O/c1-4-26(5-2)18-21-13-8-7-12-20(21)17-25-24(28)27-16-10-15-23(27)22-14-9-6-11-19(22)3/h6-9,11-14,23H,4-5,10,15-18H2,1-3H3,(H,25,28). The minimum absolute atomic E-state index is 0.0448. The molecule has 0 spiro atoms. The molecule has 2 aromatic carbocycles. The molecule has 1 heterocycles. The van der Waals surface area contributed by atoms with E-state index in [1.165, 1.54) is 22.3 Å². The number of nitrogens with one attached hydrogen (secondary N) is 1. The van der Waals surface area contributed by atoms with Crippen molar-refractivity contribution in [3.05, 3.63) is 70.8 Å². The lowest BCUT2D eigenvalue weighted by molar-refractivity contribution is 0.192. The fraction of sp³-hybridized carbons (Fsp3) is 0.458. The molecule has 1 unspecified atom stereocenters.